The number of hydrogen-bond donors (Lipinski definition) is 0. The monoisotopic (exact) mass is 55.1 g/mol. The van der Waals surface area contributed by atoms with E-state index >= 15 is 0 Å². The first kappa shape index (κ1) is 1.44. The van der Waals surface area contributed by atoms with Gasteiger partial charge in [0.05, 0.1) is 0 Å². The highest BCUT2D eigenvalue weighted by Crippen LogP contribution is 2.62. The molecule has 2 saturated carbocycles. The van der Waals surface area contributed by atoms with Crippen LogP contribution in [0.15, 0.2) is 0 Å². The summed E-state index contributed by atoms with van der Waals surface area (Å²) in [5.41, 5.74) is 0. The highest BCUT2D eigenvalue weighted by atomic mass is 14.9. The Hall–Kier alpha value is 0. The van der Waals surface area contributed by atoms with Gasteiger partial charge in [0.25, 0.3) is 0 Å². The maximum Gasteiger partial charge on any atom is -0.0380 e. The van der Waals surface area contributed by atoms with Crippen molar-refractivity contribution in [3.05, 3.63) is 0 Å². The molecular weight excluding hydrogens is 49.0 g/mol. The van der Waals surface area contributed by atoms with Crippen molar-refractivity contribution >= 4 is 0 Å². The topological polar surface area (TPSA) is 0 Å². The molecule has 0 atom stereocenters. The summed E-state index contributed by atoms with van der Waals surface area (Å²) in [5, 5.41) is 0. The zero-order chi connectivity index (χ0) is 2.57. The first-order chi connectivity index (χ1) is 1.97. The second kappa shape index (κ2) is 0.188. The van der Waals surface area contributed by atoms with Gasteiger partial charge in [-0.05, 0) is 24.7 Å². The van der Waals surface area contributed by atoms with Gasteiger partial charge in [-0.15, -0.1) is 0 Å². The van der Waals surface area contributed by atoms with Gasteiger partial charge in [0.15, 0.2) is 0 Å². The molecule has 0 nitrogen and oxygen atoms in total. The van der Waals surface area contributed by atoms with Crippen LogP contribution in [0.2, 0.25) is 0 Å². The van der Waals surface area contributed by atoms with Gasteiger partial charge >= 0.3 is 0 Å². The fraction of sp³-hybridized carbons (Fsp3) is 1.00. The molecule has 22 valence electrons. The van der Waals surface area contributed by atoms with Crippen molar-refractivity contribution in [2.45, 2.75) is 12.8 Å². The lowest BCUT2D eigenvalue weighted by Gasteiger charge is -1.60. The Balaban J connectivity index is 2.48. The summed E-state index contributed by atoms with van der Waals surface area (Å²) in [6, 6.07) is 0. The van der Waals surface area contributed by atoms with E-state index in [0.717, 1.165) is 0 Å². The molecule has 0 heterocycles. The van der Waals surface area contributed by atoms with Gasteiger partial charge in [-0.1, -0.05) is 0 Å². The average molecular weight is 55.1 g/mol. The molecule has 0 amide bonds. The summed E-state index contributed by atoms with van der Waals surface area (Å²) in [7, 11) is 0. The molecular formula is C4H6. The van der Waals surface area contributed by atoms with Crippen molar-refractivity contribution in [3.8, 4) is 0 Å². The summed E-state index contributed by atoms with van der Waals surface area (Å²) in [5.74, 6) is 2.50. The third-order valence-electron chi connectivity index (χ3n) is 1.47. The molecule has 0 heteroatoms. The second-order valence-corrected chi connectivity index (χ2v) is 1.99. The molecule has 2 aliphatic rings. The van der Waals surface area contributed by atoms with Crippen LogP contribution in [0.4, 0.5) is 0 Å². The van der Waals surface area contributed by atoms with Crippen LogP contribution in [-0.2, 0) is 0 Å². The predicted molar refractivity (Wildman–Crippen MR) is 16.2 cm³/mol. The molecule has 0 aliphatic heterocycles. The second-order valence-electron chi connectivity index (χ2n) is 1.99. The van der Waals surface area contributed by atoms with Crippen molar-refractivity contribution in [1.82, 2.24) is 0 Å². The van der Waals surface area contributed by atoms with E-state index in [4.69, 9.17) is 0 Å². The van der Waals surface area contributed by atoms with E-state index in [1.807, 2.05) is 0 Å². The van der Waals surface area contributed by atoms with E-state index in [0.29, 0.717) is 0 Å². The minimum absolute atomic E-state index is 1.25. The first-order valence-corrected chi connectivity index (χ1v) is 1.97. The van der Waals surface area contributed by atoms with Crippen LogP contribution >= 0.6 is 0 Å². The minimum atomic E-state index is 1.25. The van der Waals surface area contributed by atoms with Crippen LogP contribution in [0.3, 0.4) is 0 Å². The Morgan fingerprint density at radius 3 is 1.25 bits per heavy atom. The summed E-state index contributed by atoms with van der Waals surface area (Å²) in [4.78, 5) is 0. The fourth-order valence-corrected chi connectivity index (χ4v) is 0.552. The molecule has 0 spiro atoms. The summed E-state index contributed by atoms with van der Waals surface area (Å²) >= 11 is 0. The van der Waals surface area contributed by atoms with Crippen LogP contribution < -0.4 is 0 Å². The van der Waals surface area contributed by atoms with E-state index in [9.17, 15) is 0 Å². The van der Waals surface area contributed by atoms with Gasteiger partial charge in [-0.2, -0.15) is 0 Å². The Kier molecular flexibility index (Phi) is 0.0675. The lowest BCUT2D eigenvalue weighted by Crippen LogP contribution is -1.47. The smallest absolute Gasteiger partial charge is 0.0380 e. The van der Waals surface area contributed by atoms with Gasteiger partial charge in [0.2, 0.25) is 0 Å². The molecule has 0 aromatic rings. The van der Waals surface area contributed by atoms with Crippen LogP contribution in [0, 0.1) is 11.8 Å². The van der Waals surface area contributed by atoms with Crippen LogP contribution in [-0.4, -0.2) is 0 Å². The van der Waals surface area contributed by atoms with Gasteiger partial charge < -0.3 is 0 Å². The van der Waals surface area contributed by atoms with Gasteiger partial charge in [0.1, 0.15) is 0 Å². The maximum atomic E-state index is 1.58. The van der Waals surface area contributed by atoms with E-state index < -0.39 is 0 Å². The lowest BCUT2D eigenvalue weighted by molar-refractivity contribution is 0.915. The van der Waals surface area contributed by atoms with E-state index in [1.165, 1.54) is 11.8 Å². The lowest BCUT2D eigenvalue weighted by atomic mass is 10.5. The largest absolute Gasteiger partial charge is 0.0470 e. The molecule has 0 bridgehead atoms. The van der Waals surface area contributed by atoms with Crippen LogP contribution in [0.1, 0.15) is 12.8 Å². The van der Waals surface area contributed by atoms with E-state index in [1.54, 1.807) is 12.8 Å². The van der Waals surface area contributed by atoms with Crippen molar-refractivity contribution in [2.75, 3.05) is 0 Å². The number of fused-ring (bicyclic) bond motifs is 1. The molecule has 2 rings (SSSR count). The Bertz CT molecular complexity index is 36.0. The number of rotatable bonds is 0. The molecule has 0 unspecified atom stereocenters. The fourth-order valence-electron chi connectivity index (χ4n) is 0.552. The number of hydrogen-bond acceptors (Lipinski definition) is 0. The van der Waals surface area contributed by atoms with Crippen molar-refractivity contribution in [3.63, 3.8) is 0 Å². The maximum absolute atomic E-state index is 1.58. The zero-order valence-electron chi connectivity index (χ0n) is 2.57. The van der Waals surface area contributed by atoms with E-state index in [-0.39, 0.29) is 0 Å². The van der Waals surface area contributed by atoms with Crippen LogP contribution in [0.25, 0.3) is 0 Å². The molecule has 2 fully saturated rings. The Morgan fingerprint density at radius 1 is 1.00 bits per heavy atom. The van der Waals surface area contributed by atoms with Gasteiger partial charge in [0, 0.05) is 0 Å². The molecule has 0 saturated heterocycles. The molecule has 0 N–H and O–H groups in total. The molecule has 0 aromatic heterocycles. The van der Waals surface area contributed by atoms with Gasteiger partial charge in [-0.3, -0.25) is 0 Å². The SMILES string of the molecule is C1C2C[13CH]12. The van der Waals surface area contributed by atoms with Crippen molar-refractivity contribution in [1.29, 1.82) is 0 Å². The zero-order valence-corrected chi connectivity index (χ0v) is 2.57. The summed E-state index contributed by atoms with van der Waals surface area (Å²) in [6.07, 6.45) is 3.17. The van der Waals surface area contributed by atoms with Crippen molar-refractivity contribution < 1.29 is 0 Å². The standard InChI is InChI=1S/C4H6/c1-3-2-4(1)3/h3-4H,1-2H2/i3+1. The Morgan fingerprint density at radius 2 is 1.25 bits per heavy atom. The summed E-state index contributed by atoms with van der Waals surface area (Å²) < 4.78 is 0. The Labute approximate surface area is 25.8 Å². The van der Waals surface area contributed by atoms with Gasteiger partial charge in [-0.25, -0.2) is 0 Å². The average Bonchev–Trinajstić information content (AvgIpc) is 1.36. The molecule has 2 aliphatic carbocycles. The summed E-state index contributed by atoms with van der Waals surface area (Å²) in [6.45, 7) is 0. The highest BCUT2D eigenvalue weighted by molar-refractivity contribution is 5.02. The predicted octanol–water partition coefficient (Wildman–Crippen LogP) is 1.03. The normalized spacial score (nSPS) is 66.0. The third kappa shape index (κ3) is 0.0312. The van der Waals surface area contributed by atoms with E-state index in [2.05, 4.69) is 0 Å². The molecule has 0 radical (unpaired) electrons. The molecule has 0 aromatic carbocycles. The molecule has 4 heavy (non-hydrogen) atoms. The first-order valence-electron chi connectivity index (χ1n) is 1.97. The highest BCUT2D eigenvalue weighted by Gasteiger charge is 2.52. The minimum Gasteiger partial charge on any atom is -0.0470 e. The quantitative estimate of drug-likeness (QED) is 0.363. The van der Waals surface area contributed by atoms with Crippen molar-refractivity contribution in [2.24, 2.45) is 11.8 Å². The third-order valence-corrected chi connectivity index (χ3v) is 1.47. The van der Waals surface area contributed by atoms with Crippen LogP contribution in [0.5, 0.6) is 0 Å².